The summed E-state index contributed by atoms with van der Waals surface area (Å²) >= 11 is 0. The maximum absolute atomic E-state index is 12.4. The van der Waals surface area contributed by atoms with Crippen LogP contribution in [0.25, 0.3) is 0 Å². The van der Waals surface area contributed by atoms with Gasteiger partial charge in [-0.3, -0.25) is 9.59 Å². The third-order valence-corrected chi connectivity index (χ3v) is 3.15. The number of hydrogen-bond donors (Lipinski definition) is 2. The van der Waals surface area contributed by atoms with Crippen LogP contribution >= 0.6 is 0 Å². The van der Waals surface area contributed by atoms with Crippen LogP contribution in [-0.4, -0.2) is 48.9 Å². The summed E-state index contributed by atoms with van der Waals surface area (Å²) in [5, 5.41) is 6.08. The molecule has 0 aromatic carbocycles. The largest absolute Gasteiger partial charge is 0.344 e. The lowest BCUT2D eigenvalue weighted by Crippen LogP contribution is -2.55. The number of rotatable bonds is 5. The Bertz CT molecular complexity index is 286. The normalized spacial score (nSPS) is 17.7. The zero-order valence-electron chi connectivity index (χ0n) is 11.7. The fourth-order valence-corrected chi connectivity index (χ4v) is 2.07. The first-order valence-corrected chi connectivity index (χ1v) is 6.85. The number of amides is 2. The van der Waals surface area contributed by atoms with E-state index in [9.17, 15) is 9.59 Å². The predicted octanol–water partition coefficient (Wildman–Crippen LogP) is 0.359. The van der Waals surface area contributed by atoms with E-state index in [1.807, 2.05) is 25.7 Å². The van der Waals surface area contributed by atoms with E-state index in [4.69, 9.17) is 0 Å². The topological polar surface area (TPSA) is 61.4 Å². The van der Waals surface area contributed by atoms with Crippen LogP contribution in [0.1, 0.15) is 33.6 Å². The lowest BCUT2D eigenvalue weighted by molar-refractivity contribution is -0.138. The molecule has 1 aliphatic heterocycles. The van der Waals surface area contributed by atoms with Crippen LogP contribution in [-0.2, 0) is 9.59 Å². The first-order chi connectivity index (χ1) is 8.56. The van der Waals surface area contributed by atoms with Gasteiger partial charge >= 0.3 is 0 Å². The highest BCUT2D eigenvalue weighted by Gasteiger charge is 2.28. The van der Waals surface area contributed by atoms with Gasteiger partial charge in [-0.05, 0) is 12.3 Å². The molecular formula is C13H25N3O2. The molecule has 1 unspecified atom stereocenters. The van der Waals surface area contributed by atoms with E-state index < -0.39 is 0 Å². The van der Waals surface area contributed by atoms with Gasteiger partial charge in [0.25, 0.3) is 0 Å². The van der Waals surface area contributed by atoms with Crippen LogP contribution < -0.4 is 10.6 Å². The summed E-state index contributed by atoms with van der Waals surface area (Å²) in [5.41, 5.74) is 0. The van der Waals surface area contributed by atoms with E-state index in [-0.39, 0.29) is 23.8 Å². The molecule has 0 aromatic heterocycles. The van der Waals surface area contributed by atoms with Crippen molar-refractivity contribution in [1.82, 2.24) is 15.5 Å². The second kappa shape index (κ2) is 7.36. The molecular weight excluding hydrogens is 230 g/mol. The summed E-state index contributed by atoms with van der Waals surface area (Å²) in [6.45, 7) is 9.02. The summed E-state index contributed by atoms with van der Waals surface area (Å²) < 4.78 is 0. The van der Waals surface area contributed by atoms with Crippen molar-refractivity contribution < 1.29 is 9.59 Å². The number of nitrogens with one attached hydrogen (secondary N) is 2. The Morgan fingerprint density at radius 1 is 1.28 bits per heavy atom. The van der Waals surface area contributed by atoms with E-state index in [0.29, 0.717) is 6.42 Å². The van der Waals surface area contributed by atoms with Crippen LogP contribution in [0.3, 0.4) is 0 Å². The minimum absolute atomic E-state index is 0.0281. The zero-order valence-corrected chi connectivity index (χ0v) is 11.7. The van der Waals surface area contributed by atoms with Crippen molar-refractivity contribution in [3.63, 3.8) is 0 Å². The molecule has 1 atom stereocenters. The molecule has 5 nitrogen and oxygen atoms in total. The minimum Gasteiger partial charge on any atom is -0.344 e. The predicted molar refractivity (Wildman–Crippen MR) is 71.1 cm³/mol. The van der Waals surface area contributed by atoms with Gasteiger partial charge in [0.05, 0.1) is 0 Å². The molecule has 2 amide bonds. The van der Waals surface area contributed by atoms with Crippen LogP contribution in [0.5, 0.6) is 0 Å². The molecule has 5 heteroatoms. The van der Waals surface area contributed by atoms with Gasteiger partial charge in [0.2, 0.25) is 11.8 Å². The Morgan fingerprint density at radius 2 is 1.89 bits per heavy atom. The van der Waals surface area contributed by atoms with Crippen molar-refractivity contribution in [2.75, 3.05) is 26.2 Å². The molecule has 1 aliphatic rings. The third-order valence-electron chi connectivity index (χ3n) is 3.15. The molecule has 2 N–H and O–H groups in total. The fourth-order valence-electron chi connectivity index (χ4n) is 2.07. The summed E-state index contributed by atoms with van der Waals surface area (Å²) in [7, 11) is 0. The minimum atomic E-state index is -0.387. The van der Waals surface area contributed by atoms with Crippen LogP contribution in [0.4, 0.5) is 0 Å². The first-order valence-electron chi connectivity index (χ1n) is 6.85. The number of carbonyl (C=O) groups is 2. The third kappa shape index (κ3) is 4.29. The molecule has 0 aromatic rings. The maximum Gasteiger partial charge on any atom is 0.245 e. The second-order valence-electron chi connectivity index (χ2n) is 5.11. The van der Waals surface area contributed by atoms with Gasteiger partial charge < -0.3 is 15.5 Å². The van der Waals surface area contributed by atoms with E-state index in [0.717, 1.165) is 32.6 Å². The average molecular weight is 255 g/mol. The number of piperazine rings is 1. The SMILES string of the molecule is CCCC(=O)NC(C(=O)N1CCNCC1)C(C)C. The monoisotopic (exact) mass is 255 g/mol. The van der Waals surface area contributed by atoms with Crippen molar-refractivity contribution in [2.45, 2.75) is 39.7 Å². The Kier molecular flexibility index (Phi) is 6.12. The van der Waals surface area contributed by atoms with E-state index in [1.54, 1.807) is 0 Å². The summed E-state index contributed by atoms with van der Waals surface area (Å²) in [6, 6.07) is -0.387. The summed E-state index contributed by atoms with van der Waals surface area (Å²) in [4.78, 5) is 25.9. The van der Waals surface area contributed by atoms with Crippen molar-refractivity contribution >= 4 is 11.8 Å². The first kappa shape index (κ1) is 15.0. The number of carbonyl (C=O) groups excluding carboxylic acids is 2. The summed E-state index contributed by atoms with van der Waals surface area (Å²) in [6.07, 6.45) is 1.29. The number of nitrogens with zero attached hydrogens (tertiary/aromatic N) is 1. The Hall–Kier alpha value is -1.10. The highest BCUT2D eigenvalue weighted by Crippen LogP contribution is 2.08. The van der Waals surface area contributed by atoms with Crippen LogP contribution in [0.2, 0.25) is 0 Å². The van der Waals surface area contributed by atoms with Gasteiger partial charge in [0.1, 0.15) is 6.04 Å². The van der Waals surface area contributed by atoms with E-state index in [2.05, 4.69) is 10.6 Å². The highest BCUT2D eigenvalue weighted by molar-refractivity contribution is 5.87. The molecule has 0 radical (unpaired) electrons. The second-order valence-corrected chi connectivity index (χ2v) is 5.11. The van der Waals surface area contributed by atoms with Gasteiger partial charge in [-0.15, -0.1) is 0 Å². The van der Waals surface area contributed by atoms with Gasteiger partial charge in [0, 0.05) is 32.6 Å². The fraction of sp³-hybridized carbons (Fsp3) is 0.846. The molecule has 1 fully saturated rings. The van der Waals surface area contributed by atoms with E-state index >= 15 is 0 Å². The van der Waals surface area contributed by atoms with Crippen molar-refractivity contribution in [3.8, 4) is 0 Å². The lowest BCUT2D eigenvalue weighted by Gasteiger charge is -2.32. The molecule has 18 heavy (non-hydrogen) atoms. The van der Waals surface area contributed by atoms with Crippen molar-refractivity contribution in [3.05, 3.63) is 0 Å². The lowest BCUT2D eigenvalue weighted by atomic mass is 10.0. The zero-order chi connectivity index (χ0) is 13.5. The molecule has 104 valence electrons. The van der Waals surface area contributed by atoms with Crippen LogP contribution in [0.15, 0.2) is 0 Å². The van der Waals surface area contributed by atoms with Gasteiger partial charge in [-0.1, -0.05) is 20.8 Å². The van der Waals surface area contributed by atoms with Gasteiger partial charge in [0.15, 0.2) is 0 Å². The Labute approximate surface area is 109 Å². The van der Waals surface area contributed by atoms with Crippen LogP contribution in [0, 0.1) is 5.92 Å². The van der Waals surface area contributed by atoms with Gasteiger partial charge in [-0.2, -0.15) is 0 Å². The van der Waals surface area contributed by atoms with Crippen molar-refractivity contribution in [2.24, 2.45) is 5.92 Å². The van der Waals surface area contributed by atoms with Gasteiger partial charge in [-0.25, -0.2) is 0 Å². The molecule has 1 saturated heterocycles. The van der Waals surface area contributed by atoms with E-state index in [1.165, 1.54) is 0 Å². The molecule has 1 rings (SSSR count). The maximum atomic E-state index is 12.4. The standard InChI is InChI=1S/C13H25N3O2/c1-4-5-11(17)15-12(10(2)3)13(18)16-8-6-14-7-9-16/h10,12,14H,4-9H2,1-3H3,(H,15,17). The number of hydrogen-bond acceptors (Lipinski definition) is 3. The quantitative estimate of drug-likeness (QED) is 0.745. The molecule has 0 bridgehead atoms. The Morgan fingerprint density at radius 3 is 2.39 bits per heavy atom. The molecule has 0 aliphatic carbocycles. The molecule has 0 spiro atoms. The highest BCUT2D eigenvalue weighted by atomic mass is 16.2. The van der Waals surface area contributed by atoms with Crippen molar-refractivity contribution in [1.29, 1.82) is 0 Å². The summed E-state index contributed by atoms with van der Waals surface area (Å²) in [5.74, 6) is 0.142. The smallest absolute Gasteiger partial charge is 0.245 e. The molecule has 1 heterocycles. The molecule has 0 saturated carbocycles. The average Bonchev–Trinajstić information content (AvgIpc) is 2.36. The Balaban J connectivity index is 2.59.